The third-order valence-electron chi connectivity index (χ3n) is 6.66. The molecule has 0 aliphatic heterocycles. The predicted octanol–water partition coefficient (Wildman–Crippen LogP) is 6.27. The SMILES string of the molecule is Cc1ccc(C(C)(C)c2ccccc2)c(O)c1C=NC1CCCC(C)C1C. The third-order valence-corrected chi connectivity index (χ3v) is 6.66. The lowest BCUT2D eigenvalue weighted by molar-refractivity contribution is 0.242. The van der Waals surface area contributed by atoms with Gasteiger partial charge in [-0.2, -0.15) is 0 Å². The standard InChI is InChI=1S/C25H33NO/c1-17-10-9-13-23(19(17)3)26-16-21-18(2)14-15-22(24(21)27)25(4,5)20-11-7-6-8-12-20/h6-8,11-12,14-17,19,23,27H,9-10,13H2,1-5H3. The molecule has 1 N–H and O–H groups in total. The van der Waals surface area contributed by atoms with E-state index in [4.69, 9.17) is 4.99 Å². The van der Waals surface area contributed by atoms with Crippen LogP contribution in [0, 0.1) is 18.8 Å². The Labute approximate surface area is 164 Å². The van der Waals surface area contributed by atoms with Crippen molar-refractivity contribution in [2.24, 2.45) is 16.8 Å². The Morgan fingerprint density at radius 2 is 1.74 bits per heavy atom. The van der Waals surface area contributed by atoms with E-state index in [1.807, 2.05) is 19.2 Å². The Bertz CT molecular complexity index is 807. The number of benzene rings is 2. The number of aromatic hydroxyl groups is 1. The molecule has 0 saturated heterocycles. The molecule has 2 nitrogen and oxygen atoms in total. The highest BCUT2D eigenvalue weighted by Crippen LogP contribution is 2.39. The van der Waals surface area contributed by atoms with E-state index in [1.165, 1.54) is 18.4 Å². The summed E-state index contributed by atoms with van der Waals surface area (Å²) in [5.41, 5.74) is 3.81. The maximum Gasteiger partial charge on any atom is 0.128 e. The van der Waals surface area contributed by atoms with E-state index in [0.717, 1.165) is 29.0 Å². The van der Waals surface area contributed by atoms with Gasteiger partial charge in [-0.25, -0.2) is 0 Å². The fraction of sp³-hybridized carbons (Fsp3) is 0.480. The van der Waals surface area contributed by atoms with Gasteiger partial charge >= 0.3 is 0 Å². The fourth-order valence-electron chi connectivity index (χ4n) is 4.32. The van der Waals surface area contributed by atoms with Crippen LogP contribution in [0.1, 0.15) is 69.2 Å². The molecule has 0 aromatic heterocycles. The molecule has 0 spiro atoms. The molecule has 144 valence electrons. The summed E-state index contributed by atoms with van der Waals surface area (Å²) >= 11 is 0. The van der Waals surface area contributed by atoms with Crippen LogP contribution in [0.3, 0.4) is 0 Å². The van der Waals surface area contributed by atoms with Gasteiger partial charge in [0.25, 0.3) is 0 Å². The normalized spacial score (nSPS) is 23.7. The van der Waals surface area contributed by atoms with Gasteiger partial charge in [0.15, 0.2) is 0 Å². The Morgan fingerprint density at radius 1 is 1.04 bits per heavy atom. The van der Waals surface area contributed by atoms with E-state index in [9.17, 15) is 5.11 Å². The molecule has 0 radical (unpaired) electrons. The highest BCUT2D eigenvalue weighted by Gasteiger charge is 2.28. The average Bonchev–Trinajstić information content (AvgIpc) is 2.65. The minimum absolute atomic E-state index is 0.270. The van der Waals surface area contributed by atoms with Crippen LogP contribution in [0.25, 0.3) is 0 Å². The number of phenolic OH excluding ortho intramolecular Hbond substituents is 1. The first-order valence-electron chi connectivity index (χ1n) is 10.2. The number of nitrogens with zero attached hydrogens (tertiary/aromatic N) is 1. The van der Waals surface area contributed by atoms with E-state index in [1.54, 1.807) is 0 Å². The van der Waals surface area contributed by atoms with Crippen LogP contribution in [0.15, 0.2) is 47.5 Å². The Morgan fingerprint density at radius 3 is 2.44 bits per heavy atom. The molecule has 3 atom stereocenters. The quantitative estimate of drug-likeness (QED) is 0.638. The van der Waals surface area contributed by atoms with E-state index >= 15 is 0 Å². The number of hydrogen-bond donors (Lipinski definition) is 1. The molecule has 2 aromatic rings. The molecule has 0 heterocycles. The minimum Gasteiger partial charge on any atom is -0.507 e. The number of aliphatic imine (C=N–C) groups is 1. The molecule has 27 heavy (non-hydrogen) atoms. The summed E-state index contributed by atoms with van der Waals surface area (Å²) in [5.74, 6) is 1.68. The summed E-state index contributed by atoms with van der Waals surface area (Å²) in [4.78, 5) is 4.92. The second-order valence-electron chi connectivity index (χ2n) is 8.80. The van der Waals surface area contributed by atoms with Crippen LogP contribution in [0.2, 0.25) is 0 Å². The molecule has 3 rings (SSSR count). The number of phenols is 1. The zero-order valence-electron chi connectivity index (χ0n) is 17.4. The Balaban J connectivity index is 1.96. The summed E-state index contributed by atoms with van der Waals surface area (Å²) < 4.78 is 0. The summed E-state index contributed by atoms with van der Waals surface area (Å²) in [6.45, 7) is 11.0. The molecule has 3 unspecified atom stereocenters. The first-order chi connectivity index (χ1) is 12.8. The fourth-order valence-corrected chi connectivity index (χ4v) is 4.32. The topological polar surface area (TPSA) is 32.6 Å². The maximum absolute atomic E-state index is 11.1. The van der Waals surface area contributed by atoms with Crippen molar-refractivity contribution < 1.29 is 5.11 Å². The molecule has 0 bridgehead atoms. The molecule has 2 aromatic carbocycles. The molecule has 1 saturated carbocycles. The van der Waals surface area contributed by atoms with Crippen molar-refractivity contribution in [1.82, 2.24) is 0 Å². The lowest BCUT2D eigenvalue weighted by Gasteiger charge is -2.31. The summed E-state index contributed by atoms with van der Waals surface area (Å²) in [6, 6.07) is 14.9. The van der Waals surface area contributed by atoms with Crippen LogP contribution < -0.4 is 0 Å². The van der Waals surface area contributed by atoms with E-state index < -0.39 is 0 Å². The van der Waals surface area contributed by atoms with Gasteiger partial charge in [-0.3, -0.25) is 4.99 Å². The number of hydrogen-bond acceptors (Lipinski definition) is 2. The maximum atomic E-state index is 11.1. The summed E-state index contributed by atoms with van der Waals surface area (Å²) in [5, 5.41) is 11.1. The van der Waals surface area contributed by atoms with Gasteiger partial charge in [-0.15, -0.1) is 0 Å². The summed E-state index contributed by atoms with van der Waals surface area (Å²) in [6.07, 6.45) is 5.63. The van der Waals surface area contributed by atoms with Crippen molar-refractivity contribution in [2.45, 2.75) is 65.3 Å². The van der Waals surface area contributed by atoms with Gasteiger partial charge in [0, 0.05) is 22.8 Å². The van der Waals surface area contributed by atoms with Crippen LogP contribution in [0.4, 0.5) is 0 Å². The number of rotatable bonds is 4. The van der Waals surface area contributed by atoms with Crippen molar-refractivity contribution in [1.29, 1.82) is 0 Å². The van der Waals surface area contributed by atoms with Gasteiger partial charge in [-0.05, 0) is 36.3 Å². The zero-order valence-corrected chi connectivity index (χ0v) is 17.4. The van der Waals surface area contributed by atoms with E-state index in [2.05, 4.69) is 64.1 Å². The Kier molecular flexibility index (Phi) is 5.74. The lowest BCUT2D eigenvalue weighted by Crippen LogP contribution is -2.27. The predicted molar refractivity (Wildman–Crippen MR) is 115 cm³/mol. The van der Waals surface area contributed by atoms with Crippen LogP contribution >= 0.6 is 0 Å². The summed E-state index contributed by atoms with van der Waals surface area (Å²) in [7, 11) is 0. The first kappa shape index (κ1) is 19.7. The largest absolute Gasteiger partial charge is 0.507 e. The lowest BCUT2D eigenvalue weighted by atomic mass is 9.76. The number of aryl methyl sites for hydroxylation is 1. The second-order valence-corrected chi connectivity index (χ2v) is 8.80. The molecule has 2 heteroatoms. The molecule has 1 aliphatic rings. The van der Waals surface area contributed by atoms with Crippen molar-refractivity contribution in [3.63, 3.8) is 0 Å². The van der Waals surface area contributed by atoms with E-state index in [0.29, 0.717) is 17.7 Å². The average molecular weight is 364 g/mol. The van der Waals surface area contributed by atoms with Crippen molar-refractivity contribution in [3.8, 4) is 5.75 Å². The smallest absolute Gasteiger partial charge is 0.128 e. The van der Waals surface area contributed by atoms with Crippen molar-refractivity contribution in [2.75, 3.05) is 0 Å². The van der Waals surface area contributed by atoms with E-state index in [-0.39, 0.29) is 5.41 Å². The zero-order chi connectivity index (χ0) is 19.6. The van der Waals surface area contributed by atoms with Crippen LogP contribution in [-0.4, -0.2) is 17.4 Å². The first-order valence-corrected chi connectivity index (χ1v) is 10.2. The van der Waals surface area contributed by atoms with Gasteiger partial charge in [-0.1, -0.05) is 83.0 Å². The highest BCUT2D eigenvalue weighted by molar-refractivity contribution is 5.86. The molecular weight excluding hydrogens is 330 g/mol. The molecule has 1 fully saturated rings. The van der Waals surface area contributed by atoms with Crippen LogP contribution in [0.5, 0.6) is 5.75 Å². The molecular formula is C25H33NO. The molecule has 0 amide bonds. The minimum atomic E-state index is -0.270. The Hall–Kier alpha value is -2.09. The van der Waals surface area contributed by atoms with Crippen molar-refractivity contribution in [3.05, 3.63) is 64.7 Å². The highest BCUT2D eigenvalue weighted by atomic mass is 16.3. The van der Waals surface area contributed by atoms with Gasteiger partial charge in [0.2, 0.25) is 0 Å². The monoisotopic (exact) mass is 363 g/mol. The third kappa shape index (κ3) is 3.95. The second kappa shape index (κ2) is 7.88. The van der Waals surface area contributed by atoms with Crippen molar-refractivity contribution >= 4 is 6.21 Å². The van der Waals surface area contributed by atoms with Crippen LogP contribution in [-0.2, 0) is 5.41 Å². The van der Waals surface area contributed by atoms with Gasteiger partial charge in [0.05, 0.1) is 6.04 Å². The molecule has 1 aliphatic carbocycles. The van der Waals surface area contributed by atoms with Gasteiger partial charge in [0.1, 0.15) is 5.75 Å². The van der Waals surface area contributed by atoms with Gasteiger partial charge < -0.3 is 5.11 Å².